The number of aliphatic imine (C=N–C) groups is 1. The number of imide groups is 1. The largest absolute Gasteiger partial charge is 0.459 e. The number of fused-ring (bicyclic) bond motifs is 2. The van der Waals surface area contributed by atoms with Crippen molar-refractivity contribution >= 4 is 52.7 Å². The zero-order valence-electron chi connectivity index (χ0n) is 18.1. The fourth-order valence-electron chi connectivity index (χ4n) is 3.73. The molecule has 1 aromatic heterocycles. The van der Waals surface area contributed by atoms with Crippen molar-refractivity contribution in [1.82, 2.24) is 15.5 Å². The van der Waals surface area contributed by atoms with E-state index < -0.39 is 0 Å². The smallest absolute Gasteiger partial charge is 0.261 e. The first-order valence-corrected chi connectivity index (χ1v) is 10.5. The fourth-order valence-corrected chi connectivity index (χ4v) is 3.73. The van der Waals surface area contributed by atoms with E-state index >= 15 is 0 Å². The number of rotatable bonds is 7. The maximum atomic E-state index is 12.4. The summed E-state index contributed by atoms with van der Waals surface area (Å²) in [5, 5.41) is 7.68. The van der Waals surface area contributed by atoms with Gasteiger partial charge in [0.15, 0.2) is 5.96 Å². The van der Waals surface area contributed by atoms with E-state index in [0.29, 0.717) is 36.6 Å². The summed E-state index contributed by atoms with van der Waals surface area (Å²) >= 11 is 0. The Labute approximate surface area is 204 Å². The Morgan fingerprint density at radius 1 is 1.03 bits per heavy atom. The van der Waals surface area contributed by atoms with Crippen molar-refractivity contribution in [3.8, 4) is 0 Å². The van der Waals surface area contributed by atoms with Gasteiger partial charge in [0.2, 0.25) is 0 Å². The number of nitrogens with one attached hydrogen (secondary N) is 2. The third-order valence-corrected chi connectivity index (χ3v) is 5.43. The number of hydrogen-bond acceptors (Lipinski definition) is 4. The van der Waals surface area contributed by atoms with E-state index in [-0.39, 0.29) is 41.8 Å². The molecule has 0 aliphatic carbocycles. The summed E-state index contributed by atoms with van der Waals surface area (Å²) in [5.74, 6) is 1.11. The molecular weight excluding hydrogens is 519 g/mol. The maximum absolute atomic E-state index is 12.4. The Morgan fingerprint density at radius 2 is 1.69 bits per heavy atom. The van der Waals surface area contributed by atoms with E-state index in [1.165, 1.54) is 4.90 Å². The molecule has 1 aliphatic heterocycles. The van der Waals surface area contributed by atoms with Crippen LogP contribution in [0.3, 0.4) is 0 Å². The van der Waals surface area contributed by atoms with Gasteiger partial charge in [-0.05, 0) is 44.0 Å². The average molecular weight is 546 g/mol. The van der Waals surface area contributed by atoms with Crippen molar-refractivity contribution < 1.29 is 14.0 Å². The van der Waals surface area contributed by atoms with Gasteiger partial charge in [-0.1, -0.05) is 30.3 Å². The minimum absolute atomic E-state index is 0. The second-order valence-corrected chi connectivity index (χ2v) is 7.57. The molecule has 2 N–H and O–H groups in total. The third-order valence-electron chi connectivity index (χ3n) is 5.43. The lowest BCUT2D eigenvalue weighted by atomic mass is 10.1. The number of benzene rings is 2. The normalized spacial score (nSPS) is 14.3. The third kappa shape index (κ3) is 4.95. The number of hydrogen-bond donors (Lipinski definition) is 2. The number of halogens is 1. The molecular formula is C24H27IN4O3. The van der Waals surface area contributed by atoms with Crippen LogP contribution in [0, 0.1) is 0 Å². The van der Waals surface area contributed by atoms with Gasteiger partial charge in [0.05, 0.1) is 17.2 Å². The van der Waals surface area contributed by atoms with Crippen LogP contribution in [0.25, 0.3) is 11.0 Å². The van der Waals surface area contributed by atoms with Crippen molar-refractivity contribution in [2.24, 2.45) is 4.99 Å². The van der Waals surface area contributed by atoms with Crippen molar-refractivity contribution in [3.63, 3.8) is 0 Å². The Morgan fingerprint density at radius 3 is 2.34 bits per heavy atom. The van der Waals surface area contributed by atoms with E-state index in [0.717, 1.165) is 23.2 Å². The van der Waals surface area contributed by atoms with E-state index in [4.69, 9.17) is 4.42 Å². The van der Waals surface area contributed by atoms with Crippen molar-refractivity contribution in [2.75, 3.05) is 20.1 Å². The molecule has 0 fully saturated rings. The molecule has 0 spiro atoms. The Hall–Kier alpha value is -2.88. The molecule has 2 aromatic carbocycles. The predicted molar refractivity (Wildman–Crippen MR) is 136 cm³/mol. The summed E-state index contributed by atoms with van der Waals surface area (Å²) < 4.78 is 5.91. The number of unbranched alkanes of at least 4 members (excludes halogenated alkanes) is 1. The van der Waals surface area contributed by atoms with E-state index in [1.54, 1.807) is 31.3 Å². The summed E-state index contributed by atoms with van der Waals surface area (Å²) in [6.45, 7) is 3.11. The second kappa shape index (κ2) is 10.6. The zero-order valence-corrected chi connectivity index (χ0v) is 20.5. The van der Waals surface area contributed by atoms with Crippen LogP contribution in [0.4, 0.5) is 0 Å². The van der Waals surface area contributed by atoms with Crippen LogP contribution in [0.2, 0.25) is 0 Å². The summed E-state index contributed by atoms with van der Waals surface area (Å²) in [6, 6.07) is 16.9. The van der Waals surface area contributed by atoms with Crippen LogP contribution in [0.5, 0.6) is 0 Å². The topological polar surface area (TPSA) is 86.9 Å². The van der Waals surface area contributed by atoms with Gasteiger partial charge in [0, 0.05) is 25.5 Å². The highest BCUT2D eigenvalue weighted by atomic mass is 127. The second-order valence-electron chi connectivity index (χ2n) is 7.57. The Bertz CT molecular complexity index is 1070. The van der Waals surface area contributed by atoms with Gasteiger partial charge in [-0.25, -0.2) is 0 Å². The molecule has 0 radical (unpaired) electrons. The molecule has 1 unspecified atom stereocenters. The first-order chi connectivity index (χ1) is 15.1. The molecule has 8 heteroatoms. The molecule has 0 saturated heterocycles. The van der Waals surface area contributed by atoms with Gasteiger partial charge < -0.3 is 15.1 Å². The number of guanidine groups is 1. The highest BCUT2D eigenvalue weighted by Gasteiger charge is 2.34. The highest BCUT2D eigenvalue weighted by Crippen LogP contribution is 2.24. The predicted octanol–water partition coefficient (Wildman–Crippen LogP) is 4.35. The van der Waals surface area contributed by atoms with E-state index in [9.17, 15) is 9.59 Å². The molecule has 4 rings (SSSR count). The summed E-state index contributed by atoms with van der Waals surface area (Å²) in [4.78, 5) is 30.4. The summed E-state index contributed by atoms with van der Waals surface area (Å²) in [6.07, 6.45) is 1.52. The molecule has 0 bridgehead atoms. The minimum atomic E-state index is -0.203. The van der Waals surface area contributed by atoms with Gasteiger partial charge in [0.25, 0.3) is 11.8 Å². The number of carbonyl (C=O) groups is 2. The number of furan rings is 1. The molecule has 7 nitrogen and oxygen atoms in total. The van der Waals surface area contributed by atoms with Crippen LogP contribution >= 0.6 is 24.0 Å². The van der Waals surface area contributed by atoms with Crippen LogP contribution in [-0.4, -0.2) is 42.8 Å². The van der Waals surface area contributed by atoms with Crippen molar-refractivity contribution in [1.29, 1.82) is 0 Å². The first-order valence-electron chi connectivity index (χ1n) is 10.5. The van der Waals surface area contributed by atoms with Crippen LogP contribution < -0.4 is 10.6 Å². The lowest BCUT2D eigenvalue weighted by Crippen LogP contribution is -2.39. The maximum Gasteiger partial charge on any atom is 0.261 e. The molecule has 3 aromatic rings. The van der Waals surface area contributed by atoms with Gasteiger partial charge in [0.1, 0.15) is 11.3 Å². The number of amides is 2. The minimum Gasteiger partial charge on any atom is -0.459 e. The Balaban J connectivity index is 0.00000289. The monoisotopic (exact) mass is 546 g/mol. The lowest BCUT2D eigenvalue weighted by molar-refractivity contribution is 0.0652. The zero-order chi connectivity index (χ0) is 21.8. The van der Waals surface area contributed by atoms with Gasteiger partial charge in [-0.15, -0.1) is 24.0 Å². The molecule has 32 heavy (non-hydrogen) atoms. The van der Waals surface area contributed by atoms with Crippen molar-refractivity contribution in [3.05, 3.63) is 71.5 Å². The lowest BCUT2D eigenvalue weighted by Gasteiger charge is -2.17. The van der Waals surface area contributed by atoms with Crippen LogP contribution in [0.1, 0.15) is 52.3 Å². The van der Waals surface area contributed by atoms with Gasteiger partial charge >= 0.3 is 0 Å². The number of carbonyl (C=O) groups excluding carboxylic acids is 2. The quantitative estimate of drug-likeness (QED) is 0.151. The van der Waals surface area contributed by atoms with Gasteiger partial charge in [-0.2, -0.15) is 0 Å². The number of para-hydroxylation sites is 1. The molecule has 0 saturated carbocycles. The first kappa shape index (κ1) is 23.8. The average Bonchev–Trinajstić information content (AvgIpc) is 3.33. The molecule has 1 atom stereocenters. The number of nitrogens with zero attached hydrogens (tertiary/aromatic N) is 2. The van der Waals surface area contributed by atoms with Gasteiger partial charge in [-0.3, -0.25) is 19.5 Å². The van der Waals surface area contributed by atoms with Crippen LogP contribution in [-0.2, 0) is 0 Å². The fraction of sp³-hybridized carbons (Fsp3) is 0.292. The van der Waals surface area contributed by atoms with Crippen LogP contribution in [0.15, 0.2) is 64.0 Å². The standard InChI is InChI=1S/C24H26N4O3.HI/c1-16(21-15-17-9-3-6-12-20(17)31-21)27-24(25-2)26-13-7-8-14-28-22(29)18-10-4-5-11-19(18)23(28)30;/h3-6,9-12,15-16H,7-8,13-14H2,1-2H3,(H2,25,26,27);1H. The van der Waals surface area contributed by atoms with E-state index in [1.807, 2.05) is 37.3 Å². The highest BCUT2D eigenvalue weighted by molar-refractivity contribution is 14.0. The Kier molecular flexibility index (Phi) is 7.89. The van der Waals surface area contributed by atoms with E-state index in [2.05, 4.69) is 15.6 Å². The summed E-state index contributed by atoms with van der Waals surface area (Å²) in [7, 11) is 1.72. The SMILES string of the molecule is CN=C(NCCCCN1C(=O)c2ccccc2C1=O)NC(C)c1cc2ccccc2o1.I. The molecule has 168 valence electrons. The molecule has 2 amide bonds. The van der Waals surface area contributed by atoms with Crippen molar-refractivity contribution in [2.45, 2.75) is 25.8 Å². The summed E-state index contributed by atoms with van der Waals surface area (Å²) in [5.41, 5.74) is 1.85. The molecule has 2 heterocycles. The molecule has 1 aliphatic rings.